The van der Waals surface area contributed by atoms with Gasteiger partial charge in [0.05, 0.1) is 34.1 Å². The Kier molecular flexibility index (Phi) is 20.0. The Morgan fingerprint density at radius 1 is 0.371 bits per heavy atom. The highest BCUT2D eigenvalue weighted by Gasteiger charge is 2.24. The van der Waals surface area contributed by atoms with Crippen molar-refractivity contribution in [1.82, 2.24) is 67.4 Å². The van der Waals surface area contributed by atoms with Gasteiger partial charge in [0.15, 0.2) is 11.6 Å². The molecule has 0 aliphatic rings. The van der Waals surface area contributed by atoms with Gasteiger partial charge in [-0.2, -0.15) is 0 Å². The molecule has 8 aromatic rings. The highest BCUT2D eigenvalue weighted by molar-refractivity contribution is 6.10. The van der Waals surface area contributed by atoms with Gasteiger partial charge < -0.3 is 94.6 Å². The Bertz CT molecular complexity index is 4020. The van der Waals surface area contributed by atoms with Crippen LogP contribution in [0, 0.1) is 0 Å². The molecule has 89 heavy (non-hydrogen) atoms. The monoisotopic (exact) mass is 1220 g/mol. The van der Waals surface area contributed by atoms with E-state index in [4.69, 9.17) is 0 Å². The van der Waals surface area contributed by atoms with E-state index in [1.54, 1.807) is 109 Å². The van der Waals surface area contributed by atoms with E-state index in [1.165, 1.54) is 76.2 Å². The van der Waals surface area contributed by atoms with Crippen molar-refractivity contribution >= 4 is 99.0 Å². The molecule has 10 N–H and O–H groups in total. The minimum Gasteiger partial charge on any atom is -0.356 e. The minimum atomic E-state index is -0.616. The number of aryl methyl sites for hydroxylation is 8. The van der Waals surface area contributed by atoms with Gasteiger partial charge in [-0.25, -0.2) is 9.97 Å². The summed E-state index contributed by atoms with van der Waals surface area (Å²) in [5.74, 6) is -4.32. The van der Waals surface area contributed by atoms with Crippen LogP contribution in [0.4, 0.5) is 39.9 Å². The fourth-order valence-electron chi connectivity index (χ4n) is 9.47. The average molecular weight is 1220 g/mol. The Morgan fingerprint density at radius 2 is 0.742 bits per heavy atom. The Morgan fingerprint density at radius 3 is 1.16 bits per heavy atom. The first-order chi connectivity index (χ1) is 42.3. The van der Waals surface area contributed by atoms with Gasteiger partial charge in [-0.3, -0.25) is 47.9 Å². The molecular formula is C58H71N21O10. The quantitative estimate of drug-likeness (QED) is 0.0349. The van der Waals surface area contributed by atoms with Crippen LogP contribution >= 0.6 is 0 Å². The third-order valence-corrected chi connectivity index (χ3v) is 14.0. The number of nitrogens with zero attached hydrogens (tertiary/aromatic N) is 11. The Balaban J connectivity index is 0.747. The summed E-state index contributed by atoms with van der Waals surface area (Å²) in [5, 5.41) is 27.6. The molecule has 468 valence electrons. The second-order valence-corrected chi connectivity index (χ2v) is 21.4. The lowest BCUT2D eigenvalue weighted by Crippen LogP contribution is -2.32. The molecule has 0 unspecified atom stereocenters. The lowest BCUT2D eigenvalue weighted by Gasteiger charge is -2.10. The number of carbonyl (C=O) groups is 10. The molecule has 0 aromatic carbocycles. The molecule has 0 bridgehead atoms. The van der Waals surface area contributed by atoms with Crippen molar-refractivity contribution in [2.45, 2.75) is 25.7 Å². The van der Waals surface area contributed by atoms with Gasteiger partial charge in [0.25, 0.3) is 47.3 Å². The molecule has 0 atom stereocenters. The van der Waals surface area contributed by atoms with Gasteiger partial charge in [-0.05, 0) is 69.9 Å². The zero-order valence-electron chi connectivity index (χ0n) is 50.8. The van der Waals surface area contributed by atoms with E-state index < -0.39 is 47.3 Å². The summed E-state index contributed by atoms with van der Waals surface area (Å²) in [6.45, 7) is 1.66. The van der Waals surface area contributed by atoms with Gasteiger partial charge in [0.1, 0.15) is 34.2 Å². The van der Waals surface area contributed by atoms with Gasteiger partial charge >= 0.3 is 0 Å². The molecule has 31 heteroatoms. The number of nitrogens with one attached hydrogen (secondary N) is 10. The van der Waals surface area contributed by atoms with E-state index in [2.05, 4.69) is 63.1 Å². The van der Waals surface area contributed by atoms with Crippen LogP contribution in [0.5, 0.6) is 0 Å². The molecule has 0 saturated carbocycles. The molecule has 31 nitrogen and oxygen atoms in total. The number of imidazole rings is 2. The number of amides is 10. The number of carbonyl (C=O) groups excluding carboxylic acids is 10. The molecule has 0 spiro atoms. The van der Waals surface area contributed by atoms with Crippen LogP contribution in [0.15, 0.2) is 92.2 Å². The van der Waals surface area contributed by atoms with Crippen molar-refractivity contribution in [2.75, 3.05) is 77.5 Å². The molecule has 8 heterocycles. The summed E-state index contributed by atoms with van der Waals surface area (Å²) in [6, 6.07) is 8.96. The highest BCUT2D eigenvalue weighted by atomic mass is 16.2. The average Bonchev–Trinajstić information content (AvgIpc) is 2.77. The van der Waals surface area contributed by atoms with E-state index in [-0.39, 0.29) is 95.8 Å². The van der Waals surface area contributed by atoms with E-state index in [0.717, 1.165) is 13.0 Å². The van der Waals surface area contributed by atoms with Crippen LogP contribution in [0.2, 0.25) is 0 Å². The molecule has 0 aliphatic heterocycles. The number of aromatic nitrogens is 10. The van der Waals surface area contributed by atoms with Gasteiger partial charge in [0.2, 0.25) is 17.6 Å². The van der Waals surface area contributed by atoms with Crippen molar-refractivity contribution in [1.29, 1.82) is 0 Å². The maximum Gasteiger partial charge on any atom is 0.291 e. The molecular weight excluding hydrogens is 1150 g/mol. The summed E-state index contributed by atoms with van der Waals surface area (Å²) >= 11 is 0. The van der Waals surface area contributed by atoms with E-state index in [9.17, 15) is 47.9 Å². The summed E-state index contributed by atoms with van der Waals surface area (Å²) in [4.78, 5) is 141. The molecule has 10 amide bonds. The molecule has 0 aliphatic carbocycles. The predicted molar refractivity (Wildman–Crippen MR) is 330 cm³/mol. The smallest absolute Gasteiger partial charge is 0.291 e. The van der Waals surface area contributed by atoms with Gasteiger partial charge in [0, 0.05) is 145 Å². The molecule has 8 aromatic heterocycles. The van der Waals surface area contributed by atoms with E-state index in [1.807, 2.05) is 19.0 Å². The highest BCUT2D eigenvalue weighted by Crippen LogP contribution is 2.23. The first kappa shape index (κ1) is 63.8. The van der Waals surface area contributed by atoms with Crippen molar-refractivity contribution in [3.8, 4) is 0 Å². The maximum absolute atomic E-state index is 13.5. The largest absolute Gasteiger partial charge is 0.356 e. The fraction of sp³-hybridized carbons (Fsp3) is 0.310. The van der Waals surface area contributed by atoms with Crippen LogP contribution in [0.1, 0.15) is 110 Å². The first-order valence-electron chi connectivity index (χ1n) is 27.9. The second-order valence-electron chi connectivity index (χ2n) is 21.4. The Labute approximate surface area is 510 Å². The standard InChI is InChI=1S/C58H71N21O10/c1-71(2)19-12-16-59-47(80)14-17-62-52(83)41-22-35(28-73(41)4)64-54(85)43-25-37(30-76(43)7)66-55(86)44-24-36(29-77(44)8)65-53(84)42-21-34(27-75(42)6)63-48(81)13-11-15-61-51(82)40-23-38(31-74(40)5)68-58(89)50-69-46(33-79(50)10)70-56(87)45-26-39(32-78(45)9)67-57(88)49-60-18-20-72(49)3/h18,20-33H,11-17,19H2,1-10H3,(H,59,80)(H,61,82)(H,62,83)(H,63,81)(H,64,85)(H,65,84)(H,66,86)(H,67,88)(H,68,89)(H,70,87). The third kappa shape index (κ3) is 16.2. The van der Waals surface area contributed by atoms with E-state index >= 15 is 0 Å². The SMILES string of the molecule is CN(C)CCCNC(=O)CCNC(=O)c1cc(NC(=O)c2cc(NC(=O)c3cc(NC(=O)c4cc(NC(=O)CCCNC(=O)c5cc(NC(=O)c6nc(NC(=O)c7cc(NC(=O)c8nccn8C)cn7C)cn6C)cn5C)cn4C)cn3C)cn2C)cn1C. The first-order valence-corrected chi connectivity index (χ1v) is 27.9. The van der Waals surface area contributed by atoms with Crippen LogP contribution in [0.25, 0.3) is 0 Å². The molecule has 8 rings (SSSR count). The van der Waals surface area contributed by atoms with Crippen LogP contribution in [0.3, 0.4) is 0 Å². The summed E-state index contributed by atoms with van der Waals surface area (Å²) < 4.78 is 12.2. The lowest BCUT2D eigenvalue weighted by molar-refractivity contribution is -0.121. The van der Waals surface area contributed by atoms with Crippen LogP contribution in [-0.2, 0) is 66.0 Å². The summed E-state index contributed by atoms with van der Waals surface area (Å²) in [5.41, 5.74) is 3.29. The van der Waals surface area contributed by atoms with Crippen molar-refractivity contribution < 1.29 is 47.9 Å². The van der Waals surface area contributed by atoms with Crippen molar-refractivity contribution in [2.24, 2.45) is 56.4 Å². The van der Waals surface area contributed by atoms with Gasteiger partial charge in [-0.15, -0.1) is 0 Å². The molecule has 0 radical (unpaired) electrons. The topological polar surface area (TPSA) is 359 Å². The number of anilines is 7. The number of rotatable bonds is 26. The fourth-order valence-corrected chi connectivity index (χ4v) is 9.47. The van der Waals surface area contributed by atoms with Crippen LogP contribution < -0.4 is 53.2 Å². The zero-order chi connectivity index (χ0) is 64.4. The maximum atomic E-state index is 13.5. The minimum absolute atomic E-state index is 0.0274. The summed E-state index contributed by atoms with van der Waals surface area (Å²) in [6.07, 6.45) is 15.2. The summed E-state index contributed by atoms with van der Waals surface area (Å²) in [7, 11) is 17.0. The molecule has 0 fully saturated rings. The number of hydrogen-bond acceptors (Lipinski definition) is 13. The van der Waals surface area contributed by atoms with Crippen molar-refractivity contribution in [3.05, 3.63) is 138 Å². The Hall–Kier alpha value is -11.2. The van der Waals surface area contributed by atoms with Gasteiger partial charge in [-0.1, -0.05) is 0 Å². The normalized spacial score (nSPS) is 11.0. The lowest BCUT2D eigenvalue weighted by atomic mass is 10.2. The van der Waals surface area contributed by atoms with E-state index in [0.29, 0.717) is 40.7 Å². The zero-order valence-corrected chi connectivity index (χ0v) is 50.8. The third-order valence-electron chi connectivity index (χ3n) is 14.0. The molecule has 0 saturated heterocycles. The predicted octanol–water partition coefficient (Wildman–Crippen LogP) is 3.03. The second kappa shape index (κ2) is 27.9. The van der Waals surface area contributed by atoms with Crippen LogP contribution in [-0.4, -0.2) is 151 Å². The number of hydrogen-bond donors (Lipinski definition) is 10. The van der Waals surface area contributed by atoms with Crippen molar-refractivity contribution in [3.63, 3.8) is 0 Å².